The summed E-state index contributed by atoms with van der Waals surface area (Å²) in [5.41, 5.74) is 1.18. The number of nitrogens with zero attached hydrogens (tertiary/aromatic N) is 1. The average molecular weight is 187 g/mol. The highest BCUT2D eigenvalue weighted by Gasteiger charge is 1.98. The molecule has 1 rings (SSSR count). The number of nitrogens with one attached hydrogen (secondary N) is 2. The van der Waals surface area contributed by atoms with Crippen LogP contribution < -0.4 is 10.6 Å². The van der Waals surface area contributed by atoms with Crippen LogP contribution in [0.3, 0.4) is 0 Å². The third-order valence-electron chi connectivity index (χ3n) is 1.51. The molecule has 0 heterocycles. The molecule has 0 aliphatic heterocycles. The van der Waals surface area contributed by atoms with E-state index in [0.717, 1.165) is 0 Å². The van der Waals surface area contributed by atoms with Crippen LogP contribution in [0.5, 0.6) is 0 Å². The lowest BCUT2D eigenvalue weighted by Gasteiger charge is -2.03. The quantitative estimate of drug-likeness (QED) is 0.741. The predicted molar refractivity (Wildman–Crippen MR) is 53.5 cm³/mol. The second kappa shape index (κ2) is 4.67. The molecular weight excluding hydrogens is 178 g/mol. The number of benzene rings is 1. The van der Waals surface area contributed by atoms with Gasteiger partial charge in [-0.1, -0.05) is 6.58 Å². The van der Waals surface area contributed by atoms with Crippen molar-refractivity contribution in [2.45, 2.75) is 0 Å². The van der Waals surface area contributed by atoms with E-state index in [1.54, 1.807) is 24.3 Å². The molecular formula is C10H9N3O. The normalized spacial score (nSPS) is 8.50. The molecule has 0 fully saturated rings. The number of carbonyl (C=O) groups is 1. The zero-order valence-corrected chi connectivity index (χ0v) is 7.45. The van der Waals surface area contributed by atoms with Crippen molar-refractivity contribution >= 4 is 11.7 Å². The standard InChI is InChI=1S/C10H9N3O/c1-2-12-10(14)13-9-5-3-8(7-11)4-6-9/h2-6H,1H2,(H2,12,13,14). The zero-order chi connectivity index (χ0) is 10.4. The number of hydrogen-bond donors (Lipinski definition) is 2. The van der Waals surface area contributed by atoms with E-state index >= 15 is 0 Å². The van der Waals surface area contributed by atoms with E-state index in [4.69, 9.17) is 5.26 Å². The summed E-state index contributed by atoms with van der Waals surface area (Å²) in [6, 6.07) is 8.20. The number of carbonyl (C=O) groups excluding carboxylic acids is 1. The summed E-state index contributed by atoms with van der Waals surface area (Å²) in [5, 5.41) is 13.5. The molecule has 0 saturated heterocycles. The van der Waals surface area contributed by atoms with Crippen LogP contribution in [0.4, 0.5) is 10.5 Å². The molecule has 14 heavy (non-hydrogen) atoms. The van der Waals surface area contributed by atoms with Gasteiger partial charge in [0, 0.05) is 5.69 Å². The fourth-order valence-corrected chi connectivity index (χ4v) is 0.888. The number of urea groups is 1. The monoisotopic (exact) mass is 187 g/mol. The van der Waals surface area contributed by atoms with Gasteiger partial charge in [-0.2, -0.15) is 5.26 Å². The minimum absolute atomic E-state index is 0.357. The minimum Gasteiger partial charge on any atom is -0.315 e. The van der Waals surface area contributed by atoms with Gasteiger partial charge in [0.1, 0.15) is 0 Å². The van der Waals surface area contributed by atoms with Crippen LogP contribution in [0.1, 0.15) is 5.56 Å². The predicted octanol–water partition coefficient (Wildman–Crippen LogP) is 1.82. The molecule has 0 aliphatic rings. The summed E-state index contributed by atoms with van der Waals surface area (Å²) in [4.78, 5) is 11.0. The van der Waals surface area contributed by atoms with Gasteiger partial charge in [0.25, 0.3) is 0 Å². The van der Waals surface area contributed by atoms with Crippen molar-refractivity contribution in [1.29, 1.82) is 5.26 Å². The maximum Gasteiger partial charge on any atom is 0.323 e. The molecule has 2 amide bonds. The van der Waals surface area contributed by atoms with E-state index in [1.165, 1.54) is 6.20 Å². The first-order valence-electron chi connectivity index (χ1n) is 3.95. The van der Waals surface area contributed by atoms with Gasteiger partial charge in [-0.15, -0.1) is 0 Å². The Kier molecular flexibility index (Phi) is 3.27. The van der Waals surface area contributed by atoms with Crippen LogP contribution in [0.25, 0.3) is 0 Å². The van der Waals surface area contributed by atoms with Crippen molar-refractivity contribution < 1.29 is 4.79 Å². The zero-order valence-electron chi connectivity index (χ0n) is 7.45. The van der Waals surface area contributed by atoms with Gasteiger partial charge in [-0.3, -0.25) is 0 Å². The first-order valence-corrected chi connectivity index (χ1v) is 3.95. The van der Waals surface area contributed by atoms with E-state index in [0.29, 0.717) is 11.3 Å². The number of rotatable bonds is 2. The molecule has 4 heteroatoms. The highest BCUT2D eigenvalue weighted by Crippen LogP contribution is 2.08. The second-order valence-electron chi connectivity index (χ2n) is 2.49. The molecule has 0 bridgehead atoms. The second-order valence-corrected chi connectivity index (χ2v) is 2.49. The number of hydrogen-bond acceptors (Lipinski definition) is 2. The molecule has 0 radical (unpaired) electrons. The highest BCUT2D eigenvalue weighted by molar-refractivity contribution is 5.89. The van der Waals surface area contributed by atoms with Crippen molar-refractivity contribution in [1.82, 2.24) is 5.32 Å². The van der Waals surface area contributed by atoms with Gasteiger partial charge in [-0.25, -0.2) is 4.79 Å². The summed E-state index contributed by atoms with van der Waals surface area (Å²) in [7, 11) is 0. The fraction of sp³-hybridized carbons (Fsp3) is 0. The Morgan fingerprint density at radius 3 is 2.57 bits per heavy atom. The smallest absolute Gasteiger partial charge is 0.315 e. The van der Waals surface area contributed by atoms with E-state index in [-0.39, 0.29) is 6.03 Å². The molecule has 1 aromatic carbocycles. The molecule has 0 aliphatic carbocycles. The molecule has 70 valence electrons. The molecule has 0 aromatic heterocycles. The summed E-state index contributed by atoms with van der Waals surface area (Å²) in [6.07, 6.45) is 1.29. The SMILES string of the molecule is C=CNC(=O)Nc1ccc(C#N)cc1. The van der Waals surface area contributed by atoms with Crippen molar-refractivity contribution in [2.75, 3.05) is 5.32 Å². The maximum absolute atomic E-state index is 11.0. The van der Waals surface area contributed by atoms with E-state index < -0.39 is 0 Å². The fourth-order valence-electron chi connectivity index (χ4n) is 0.888. The van der Waals surface area contributed by atoms with Gasteiger partial charge in [0.2, 0.25) is 0 Å². The Labute approximate surface area is 81.9 Å². The van der Waals surface area contributed by atoms with Gasteiger partial charge in [0.15, 0.2) is 0 Å². The molecule has 0 unspecified atom stereocenters. The number of nitriles is 1. The van der Waals surface area contributed by atoms with Crippen LogP contribution in [0.2, 0.25) is 0 Å². The third-order valence-corrected chi connectivity index (χ3v) is 1.51. The van der Waals surface area contributed by atoms with Crippen LogP contribution in [-0.4, -0.2) is 6.03 Å². The first kappa shape index (κ1) is 9.81. The first-order chi connectivity index (χ1) is 6.76. The van der Waals surface area contributed by atoms with E-state index in [9.17, 15) is 4.79 Å². The Morgan fingerprint density at radius 1 is 1.43 bits per heavy atom. The van der Waals surface area contributed by atoms with Crippen molar-refractivity contribution in [3.05, 3.63) is 42.6 Å². The molecule has 0 atom stereocenters. The molecule has 0 spiro atoms. The van der Waals surface area contributed by atoms with Gasteiger partial charge in [-0.05, 0) is 30.5 Å². The average Bonchev–Trinajstić information content (AvgIpc) is 2.19. The lowest BCUT2D eigenvalue weighted by Crippen LogP contribution is -2.23. The third kappa shape index (κ3) is 2.64. The van der Waals surface area contributed by atoms with Crippen molar-refractivity contribution in [2.24, 2.45) is 0 Å². The number of amides is 2. The molecule has 2 N–H and O–H groups in total. The molecule has 1 aromatic rings. The Bertz CT molecular complexity index is 375. The largest absolute Gasteiger partial charge is 0.323 e. The Balaban J connectivity index is 2.65. The van der Waals surface area contributed by atoms with Gasteiger partial charge in [0.05, 0.1) is 11.6 Å². The summed E-state index contributed by atoms with van der Waals surface area (Å²) in [5.74, 6) is 0. The van der Waals surface area contributed by atoms with Crippen LogP contribution in [0, 0.1) is 11.3 Å². The van der Waals surface area contributed by atoms with Crippen molar-refractivity contribution in [3.63, 3.8) is 0 Å². The lowest BCUT2D eigenvalue weighted by atomic mass is 10.2. The number of anilines is 1. The van der Waals surface area contributed by atoms with Crippen LogP contribution >= 0.6 is 0 Å². The lowest BCUT2D eigenvalue weighted by molar-refractivity contribution is 0.255. The summed E-state index contributed by atoms with van der Waals surface area (Å²) < 4.78 is 0. The molecule has 4 nitrogen and oxygen atoms in total. The van der Waals surface area contributed by atoms with Gasteiger partial charge >= 0.3 is 6.03 Å². The minimum atomic E-state index is -0.357. The van der Waals surface area contributed by atoms with Crippen LogP contribution in [0.15, 0.2) is 37.0 Å². The van der Waals surface area contributed by atoms with Gasteiger partial charge < -0.3 is 10.6 Å². The van der Waals surface area contributed by atoms with Crippen molar-refractivity contribution in [3.8, 4) is 6.07 Å². The van der Waals surface area contributed by atoms with Crippen LogP contribution in [-0.2, 0) is 0 Å². The summed E-state index contributed by atoms with van der Waals surface area (Å²) in [6.45, 7) is 3.35. The van der Waals surface area contributed by atoms with E-state index in [1.807, 2.05) is 6.07 Å². The summed E-state index contributed by atoms with van der Waals surface area (Å²) >= 11 is 0. The molecule has 0 saturated carbocycles. The Morgan fingerprint density at radius 2 is 2.07 bits per heavy atom. The van der Waals surface area contributed by atoms with E-state index in [2.05, 4.69) is 17.2 Å². The Hall–Kier alpha value is -2.28. The topological polar surface area (TPSA) is 64.9 Å². The highest BCUT2D eigenvalue weighted by atomic mass is 16.2. The maximum atomic E-state index is 11.0.